The van der Waals surface area contributed by atoms with Crippen LogP contribution in [0.5, 0.6) is 0 Å². The van der Waals surface area contributed by atoms with E-state index in [9.17, 15) is 0 Å². The molecule has 0 saturated heterocycles. The van der Waals surface area contributed by atoms with E-state index < -0.39 is 0 Å². The highest BCUT2D eigenvalue weighted by Crippen LogP contribution is 2.47. The van der Waals surface area contributed by atoms with Gasteiger partial charge in [-0.25, -0.2) is 0 Å². The number of thiophene rings is 1. The maximum absolute atomic E-state index is 2.38. The quantitative estimate of drug-likeness (QED) is 0.163. The fourth-order valence-corrected chi connectivity index (χ4v) is 11.1. The van der Waals surface area contributed by atoms with Crippen LogP contribution in [-0.4, -0.2) is 4.57 Å². The number of allylic oxidation sites excluding steroid dienone is 5. The summed E-state index contributed by atoms with van der Waals surface area (Å²) in [6, 6.07) is 67.0. The molecule has 8 aromatic carbocycles. The topological polar surface area (TPSA) is 8.17 Å². The largest absolute Gasteiger partial charge is 0.311 e. The number of aromatic nitrogens is 1. The Kier molecular flexibility index (Phi) is 7.94. The van der Waals surface area contributed by atoms with Crippen molar-refractivity contribution in [3.05, 3.63) is 223 Å². The normalized spacial score (nSPS) is 16.8. The van der Waals surface area contributed by atoms with Gasteiger partial charge in [0.1, 0.15) is 0 Å². The van der Waals surface area contributed by atoms with E-state index in [0.29, 0.717) is 5.92 Å². The number of rotatable bonds is 6. The van der Waals surface area contributed by atoms with Gasteiger partial charge >= 0.3 is 0 Å². The van der Waals surface area contributed by atoms with Gasteiger partial charge in [-0.1, -0.05) is 153 Å². The smallest absolute Gasteiger partial charge is 0.0541 e. The molecule has 0 radical (unpaired) electrons. The van der Waals surface area contributed by atoms with Gasteiger partial charge in [-0.15, -0.1) is 11.3 Å². The summed E-state index contributed by atoms with van der Waals surface area (Å²) < 4.78 is 5.02. The molecule has 284 valence electrons. The van der Waals surface area contributed by atoms with Crippen LogP contribution in [0, 0.1) is 5.92 Å². The highest BCUT2D eigenvalue weighted by Gasteiger charge is 2.36. The molecule has 12 rings (SSSR count). The third kappa shape index (κ3) is 5.40. The average Bonchev–Trinajstić information content (AvgIpc) is 3.86. The van der Waals surface area contributed by atoms with Crippen molar-refractivity contribution in [2.24, 2.45) is 5.92 Å². The Hall–Kier alpha value is -7.20. The summed E-state index contributed by atoms with van der Waals surface area (Å²) >= 11 is 1.87. The first-order chi connectivity index (χ1) is 29.6. The monoisotopic (exact) mass is 784 g/mol. The van der Waals surface area contributed by atoms with E-state index in [1.54, 1.807) is 0 Å². The Morgan fingerprint density at radius 3 is 1.77 bits per heavy atom. The summed E-state index contributed by atoms with van der Waals surface area (Å²) in [5.74, 6) is 0.367. The molecule has 0 N–H and O–H groups in total. The molecule has 0 fully saturated rings. The molecule has 2 aromatic heterocycles. The molecule has 10 aromatic rings. The van der Waals surface area contributed by atoms with Crippen molar-refractivity contribution in [2.75, 3.05) is 4.90 Å². The van der Waals surface area contributed by atoms with Gasteiger partial charge in [-0.2, -0.15) is 0 Å². The zero-order valence-electron chi connectivity index (χ0n) is 33.2. The molecule has 0 amide bonds. The van der Waals surface area contributed by atoms with E-state index in [0.717, 1.165) is 22.7 Å². The minimum absolute atomic E-state index is 0.0504. The minimum atomic E-state index is -0.0504. The molecule has 2 nitrogen and oxygen atoms in total. The van der Waals surface area contributed by atoms with E-state index >= 15 is 0 Å². The van der Waals surface area contributed by atoms with Crippen LogP contribution in [0.15, 0.2) is 212 Å². The van der Waals surface area contributed by atoms with Crippen LogP contribution in [0.4, 0.5) is 17.1 Å². The van der Waals surface area contributed by atoms with Crippen molar-refractivity contribution in [1.29, 1.82) is 0 Å². The second-order valence-corrected chi connectivity index (χ2v) is 17.4. The number of hydrogen-bond acceptors (Lipinski definition) is 2. The van der Waals surface area contributed by atoms with E-state index in [2.05, 4.69) is 235 Å². The van der Waals surface area contributed by atoms with Gasteiger partial charge in [0.25, 0.3) is 0 Å². The maximum atomic E-state index is 2.38. The van der Waals surface area contributed by atoms with Crippen LogP contribution in [0.2, 0.25) is 0 Å². The molecule has 2 heterocycles. The van der Waals surface area contributed by atoms with Crippen molar-refractivity contribution >= 4 is 76.5 Å². The molecule has 3 heteroatoms. The SMILES string of the molecule is CC12C=CC=CC1C=Cc1c(-c3ccc(N(c4ccc(-c5cccc6sc7ccccc7c56)cc4)c4ccc(-n5c6ccccc6c6ccccc65)cc4)cc3)cccc12. The minimum Gasteiger partial charge on any atom is -0.311 e. The van der Waals surface area contributed by atoms with Crippen LogP contribution in [-0.2, 0) is 5.41 Å². The molecule has 2 atom stereocenters. The summed E-state index contributed by atoms with van der Waals surface area (Å²) in [6.07, 6.45) is 13.8. The number of nitrogens with zero attached hydrogens (tertiary/aromatic N) is 2. The third-order valence-corrected chi connectivity index (χ3v) is 14.1. The molecule has 2 aliphatic rings. The summed E-state index contributed by atoms with van der Waals surface area (Å²) in [5, 5.41) is 5.18. The van der Waals surface area contributed by atoms with E-state index in [1.165, 1.54) is 75.4 Å². The lowest BCUT2D eigenvalue weighted by Crippen LogP contribution is -2.32. The second kappa shape index (κ2) is 13.7. The van der Waals surface area contributed by atoms with E-state index in [1.807, 2.05) is 11.3 Å². The molecule has 2 aliphatic carbocycles. The average molecular weight is 785 g/mol. The summed E-state index contributed by atoms with van der Waals surface area (Å²) in [5.41, 5.74) is 14.5. The summed E-state index contributed by atoms with van der Waals surface area (Å²) in [4.78, 5) is 2.38. The highest BCUT2D eigenvalue weighted by molar-refractivity contribution is 7.25. The van der Waals surface area contributed by atoms with Gasteiger partial charge in [0.05, 0.1) is 11.0 Å². The predicted molar refractivity (Wildman–Crippen MR) is 257 cm³/mol. The van der Waals surface area contributed by atoms with Gasteiger partial charge in [-0.3, -0.25) is 0 Å². The number of hydrogen-bond donors (Lipinski definition) is 0. The third-order valence-electron chi connectivity index (χ3n) is 12.9. The van der Waals surface area contributed by atoms with Crippen LogP contribution in [0.25, 0.3) is 76.0 Å². The second-order valence-electron chi connectivity index (χ2n) is 16.3. The van der Waals surface area contributed by atoms with Gasteiger partial charge < -0.3 is 9.47 Å². The van der Waals surface area contributed by atoms with Gasteiger partial charge in [-0.05, 0) is 106 Å². The number of anilines is 3. The first-order valence-corrected chi connectivity index (χ1v) is 21.6. The lowest BCUT2D eigenvalue weighted by Gasteiger charge is -2.38. The zero-order valence-corrected chi connectivity index (χ0v) is 34.0. The number of benzene rings is 8. The summed E-state index contributed by atoms with van der Waals surface area (Å²) in [7, 11) is 0. The molecule has 2 unspecified atom stereocenters. The Bertz CT molecular complexity index is 3320. The van der Waals surface area contributed by atoms with Crippen molar-refractivity contribution in [3.8, 4) is 27.9 Å². The van der Waals surface area contributed by atoms with Crippen LogP contribution >= 0.6 is 11.3 Å². The molecule has 0 bridgehead atoms. The Labute approximate surface area is 353 Å². The standard InChI is InChI=1S/C57H40N2S/c1-57-37-9-8-12-40(57)27-36-47-45(16-10-18-51(47)57)38-23-28-41(29-24-38)58(42-30-25-39(26-31-42)46-17-11-22-55-56(46)50-15-4-7-21-54(50)60-55)43-32-34-44(35-33-43)59-52-19-5-2-13-48(52)49-14-3-6-20-53(49)59/h2-37,40H,1H3. The molecular weight excluding hydrogens is 745 g/mol. The lowest BCUT2D eigenvalue weighted by molar-refractivity contribution is 0.493. The summed E-state index contributed by atoms with van der Waals surface area (Å²) in [6.45, 7) is 2.37. The first kappa shape index (κ1) is 34.8. The van der Waals surface area contributed by atoms with Crippen LogP contribution in [0.3, 0.4) is 0 Å². The van der Waals surface area contributed by atoms with Crippen LogP contribution < -0.4 is 4.90 Å². The van der Waals surface area contributed by atoms with E-state index in [-0.39, 0.29) is 5.41 Å². The molecular formula is C57H40N2S. The van der Waals surface area contributed by atoms with Crippen molar-refractivity contribution in [1.82, 2.24) is 4.57 Å². The number of fused-ring (bicyclic) bond motifs is 9. The highest BCUT2D eigenvalue weighted by atomic mass is 32.1. The van der Waals surface area contributed by atoms with Gasteiger partial charge in [0, 0.05) is 65.0 Å². The van der Waals surface area contributed by atoms with Gasteiger partial charge in [0.2, 0.25) is 0 Å². The first-order valence-electron chi connectivity index (χ1n) is 20.8. The molecule has 60 heavy (non-hydrogen) atoms. The lowest BCUT2D eigenvalue weighted by atomic mass is 9.65. The van der Waals surface area contributed by atoms with Crippen molar-refractivity contribution < 1.29 is 0 Å². The van der Waals surface area contributed by atoms with Crippen LogP contribution in [0.1, 0.15) is 18.1 Å². The number of para-hydroxylation sites is 2. The molecule has 0 saturated carbocycles. The molecule has 0 spiro atoms. The van der Waals surface area contributed by atoms with E-state index in [4.69, 9.17) is 0 Å². The predicted octanol–water partition coefficient (Wildman–Crippen LogP) is 16.0. The van der Waals surface area contributed by atoms with Gasteiger partial charge in [0.15, 0.2) is 0 Å². The molecule has 0 aliphatic heterocycles. The Morgan fingerprint density at radius 1 is 0.500 bits per heavy atom. The van der Waals surface area contributed by atoms with Crippen molar-refractivity contribution in [2.45, 2.75) is 12.3 Å². The fraction of sp³-hybridized carbons (Fsp3) is 0.0526. The fourth-order valence-electron chi connectivity index (χ4n) is 9.94. The Morgan fingerprint density at radius 2 is 1.07 bits per heavy atom. The maximum Gasteiger partial charge on any atom is 0.0541 e. The zero-order chi connectivity index (χ0) is 39.8. The van der Waals surface area contributed by atoms with Crippen molar-refractivity contribution in [3.63, 3.8) is 0 Å². The Balaban J connectivity index is 0.963.